The van der Waals surface area contributed by atoms with E-state index in [1.165, 1.54) is 4.90 Å². The maximum Gasteiger partial charge on any atom is 0.401 e. The van der Waals surface area contributed by atoms with Crippen LogP contribution < -0.4 is 0 Å². The molecule has 0 unspecified atom stereocenters. The number of aromatic nitrogens is 2. The van der Waals surface area contributed by atoms with Crippen LogP contribution in [0.1, 0.15) is 41.2 Å². The van der Waals surface area contributed by atoms with Crippen molar-refractivity contribution >= 4 is 29.1 Å². The lowest BCUT2D eigenvalue weighted by molar-refractivity contribution is -0.145. The molecule has 2 heterocycles. The summed E-state index contributed by atoms with van der Waals surface area (Å²) >= 11 is 12.3. The first-order valence-corrected chi connectivity index (χ1v) is 10.6. The van der Waals surface area contributed by atoms with Crippen LogP contribution in [-0.4, -0.2) is 64.4 Å². The molecule has 1 aromatic carbocycles. The summed E-state index contributed by atoms with van der Waals surface area (Å²) < 4.78 is 39.8. The van der Waals surface area contributed by atoms with Gasteiger partial charge in [-0.2, -0.15) is 18.3 Å². The van der Waals surface area contributed by atoms with Crippen molar-refractivity contribution in [1.82, 2.24) is 19.6 Å². The molecular weight excluding hydrogens is 440 g/mol. The van der Waals surface area contributed by atoms with Crippen LogP contribution in [-0.2, 0) is 0 Å². The lowest BCUT2D eigenvalue weighted by atomic mass is 10.1. The van der Waals surface area contributed by atoms with E-state index in [9.17, 15) is 18.0 Å². The monoisotopic (exact) mass is 460 g/mol. The Labute approximate surface area is 182 Å². The van der Waals surface area contributed by atoms with Gasteiger partial charge in [-0.1, -0.05) is 23.2 Å². The summed E-state index contributed by atoms with van der Waals surface area (Å²) in [5, 5.41) is 5.37. The third-order valence-corrected chi connectivity index (χ3v) is 5.96. The first-order valence-electron chi connectivity index (χ1n) is 9.84. The fraction of sp³-hybridized carbons (Fsp3) is 0.500. The van der Waals surface area contributed by atoms with Crippen molar-refractivity contribution in [3.05, 3.63) is 45.7 Å². The van der Waals surface area contributed by atoms with Gasteiger partial charge in [-0.3, -0.25) is 9.69 Å². The zero-order valence-corrected chi connectivity index (χ0v) is 17.6. The summed E-state index contributed by atoms with van der Waals surface area (Å²) in [5.74, 6) is 0.0222. The Balaban J connectivity index is 1.57. The Morgan fingerprint density at radius 2 is 1.90 bits per heavy atom. The molecule has 1 aromatic heterocycles. The summed E-state index contributed by atoms with van der Waals surface area (Å²) in [6.45, 7) is 0.241. The molecule has 10 heteroatoms. The Bertz CT molecular complexity index is 943. The quantitative estimate of drug-likeness (QED) is 0.659. The fourth-order valence-corrected chi connectivity index (χ4v) is 4.36. The minimum absolute atomic E-state index is 0.193. The van der Waals surface area contributed by atoms with E-state index in [4.69, 9.17) is 23.2 Å². The molecule has 30 heavy (non-hydrogen) atoms. The molecule has 2 aromatic rings. The van der Waals surface area contributed by atoms with Crippen molar-refractivity contribution in [3.63, 3.8) is 0 Å². The highest BCUT2D eigenvalue weighted by Gasteiger charge is 2.36. The van der Waals surface area contributed by atoms with Crippen LogP contribution in [0.25, 0.3) is 5.69 Å². The van der Waals surface area contributed by atoms with E-state index < -0.39 is 12.7 Å². The van der Waals surface area contributed by atoms with E-state index in [0.717, 1.165) is 18.5 Å². The number of rotatable bonds is 4. The second-order valence-electron chi connectivity index (χ2n) is 7.76. The van der Waals surface area contributed by atoms with Crippen molar-refractivity contribution in [2.24, 2.45) is 0 Å². The van der Waals surface area contributed by atoms with Gasteiger partial charge in [0.2, 0.25) is 0 Å². The molecule has 0 spiro atoms. The molecule has 4 rings (SSSR count). The normalized spacial score (nSPS) is 18.5. The number of alkyl halides is 3. The van der Waals surface area contributed by atoms with Crippen LogP contribution in [0.5, 0.6) is 0 Å². The third-order valence-electron chi connectivity index (χ3n) is 5.42. The molecule has 1 aliphatic heterocycles. The fourth-order valence-electron chi connectivity index (χ4n) is 3.87. The third kappa shape index (κ3) is 4.76. The van der Waals surface area contributed by atoms with Crippen LogP contribution >= 0.6 is 23.2 Å². The Hall–Kier alpha value is -1.77. The number of halogens is 5. The highest BCUT2D eigenvalue weighted by Crippen LogP contribution is 2.43. The zero-order valence-electron chi connectivity index (χ0n) is 16.1. The van der Waals surface area contributed by atoms with Gasteiger partial charge in [0.15, 0.2) is 0 Å². The second kappa shape index (κ2) is 8.40. The number of benzene rings is 1. The minimum atomic E-state index is -4.24. The van der Waals surface area contributed by atoms with Crippen LogP contribution in [0, 0.1) is 0 Å². The van der Waals surface area contributed by atoms with E-state index in [-0.39, 0.29) is 24.9 Å². The summed E-state index contributed by atoms with van der Waals surface area (Å²) in [7, 11) is 0. The van der Waals surface area contributed by atoms with Gasteiger partial charge in [0.05, 0.1) is 34.7 Å². The van der Waals surface area contributed by atoms with Crippen LogP contribution in [0.4, 0.5) is 13.2 Å². The van der Waals surface area contributed by atoms with Crippen LogP contribution in [0.3, 0.4) is 0 Å². The van der Waals surface area contributed by atoms with E-state index in [1.54, 1.807) is 34.0 Å². The molecule has 2 fully saturated rings. The molecule has 0 bridgehead atoms. The predicted molar refractivity (Wildman–Crippen MR) is 109 cm³/mol. The van der Waals surface area contributed by atoms with E-state index >= 15 is 0 Å². The average Bonchev–Trinajstić information content (AvgIpc) is 3.44. The molecule has 1 saturated carbocycles. The van der Waals surface area contributed by atoms with E-state index in [1.807, 2.05) is 0 Å². The average molecular weight is 461 g/mol. The largest absolute Gasteiger partial charge is 0.401 e. The lowest BCUT2D eigenvalue weighted by Gasteiger charge is -2.23. The molecule has 1 amide bonds. The van der Waals surface area contributed by atoms with Crippen molar-refractivity contribution in [2.45, 2.75) is 31.4 Å². The van der Waals surface area contributed by atoms with Crippen LogP contribution in [0.15, 0.2) is 24.4 Å². The first-order chi connectivity index (χ1) is 14.2. The van der Waals surface area contributed by atoms with Gasteiger partial charge in [0, 0.05) is 37.1 Å². The number of carbonyl (C=O) groups excluding carboxylic acids is 1. The van der Waals surface area contributed by atoms with E-state index in [0.29, 0.717) is 40.8 Å². The highest BCUT2D eigenvalue weighted by atomic mass is 35.5. The molecule has 0 radical (unpaired) electrons. The molecular formula is C20H21Cl2F3N4O. The van der Waals surface area contributed by atoms with Gasteiger partial charge in [0.1, 0.15) is 0 Å². The summed E-state index contributed by atoms with van der Waals surface area (Å²) in [4.78, 5) is 16.2. The predicted octanol–water partition coefficient (Wildman–Crippen LogP) is 4.77. The standard InChI is InChI=1S/C20H21Cl2F3N4O/c21-14-4-5-17(16(22)10-14)29-18(13-2-3-13)15(11-26-29)19(30)28-7-1-6-27(8-9-28)12-20(23,24)25/h4-5,10-11,13H,1-3,6-9,12H2. The van der Waals surface area contributed by atoms with Crippen molar-refractivity contribution in [1.29, 1.82) is 0 Å². The Morgan fingerprint density at radius 1 is 1.13 bits per heavy atom. The van der Waals surface area contributed by atoms with Crippen molar-refractivity contribution in [2.75, 3.05) is 32.7 Å². The maximum absolute atomic E-state index is 13.3. The molecule has 0 atom stereocenters. The van der Waals surface area contributed by atoms with E-state index in [2.05, 4.69) is 5.10 Å². The number of carbonyl (C=O) groups is 1. The molecule has 162 valence electrons. The zero-order chi connectivity index (χ0) is 21.5. The number of hydrogen-bond donors (Lipinski definition) is 0. The van der Waals surface area contributed by atoms with Gasteiger partial charge in [-0.15, -0.1) is 0 Å². The Morgan fingerprint density at radius 3 is 2.57 bits per heavy atom. The summed E-state index contributed by atoms with van der Waals surface area (Å²) in [6.07, 6.45) is -0.290. The molecule has 2 aliphatic rings. The van der Waals surface area contributed by atoms with Gasteiger partial charge in [0.25, 0.3) is 5.91 Å². The van der Waals surface area contributed by atoms with Gasteiger partial charge in [-0.05, 0) is 37.5 Å². The number of amides is 1. The van der Waals surface area contributed by atoms with Gasteiger partial charge in [-0.25, -0.2) is 4.68 Å². The second-order valence-corrected chi connectivity index (χ2v) is 8.61. The highest BCUT2D eigenvalue weighted by molar-refractivity contribution is 6.35. The smallest absolute Gasteiger partial charge is 0.337 e. The van der Waals surface area contributed by atoms with Crippen molar-refractivity contribution in [3.8, 4) is 5.69 Å². The molecule has 0 N–H and O–H groups in total. The number of hydrogen-bond acceptors (Lipinski definition) is 3. The van der Waals surface area contributed by atoms with Crippen LogP contribution in [0.2, 0.25) is 10.0 Å². The van der Waals surface area contributed by atoms with Gasteiger partial charge >= 0.3 is 6.18 Å². The lowest BCUT2D eigenvalue weighted by Crippen LogP contribution is -2.38. The van der Waals surface area contributed by atoms with Gasteiger partial charge < -0.3 is 4.90 Å². The maximum atomic E-state index is 13.3. The summed E-state index contributed by atoms with van der Waals surface area (Å²) in [6, 6.07) is 5.10. The SMILES string of the molecule is O=C(c1cnn(-c2ccc(Cl)cc2Cl)c1C1CC1)N1CCCN(CC(F)(F)F)CC1. The van der Waals surface area contributed by atoms with Crippen molar-refractivity contribution < 1.29 is 18.0 Å². The molecule has 1 aliphatic carbocycles. The minimum Gasteiger partial charge on any atom is -0.337 e. The first kappa shape index (κ1) is 21.5. The molecule has 1 saturated heterocycles. The molecule has 5 nitrogen and oxygen atoms in total. The Kier molecular flexibility index (Phi) is 6.01. The topological polar surface area (TPSA) is 41.4 Å². The summed E-state index contributed by atoms with van der Waals surface area (Å²) in [5.41, 5.74) is 1.95. The number of nitrogens with zero attached hydrogens (tertiary/aromatic N) is 4.